The van der Waals surface area contributed by atoms with Crippen LogP contribution in [0.1, 0.15) is 46.3 Å². The van der Waals surface area contributed by atoms with Gasteiger partial charge in [0.15, 0.2) is 5.05 Å². The second-order valence-electron chi connectivity index (χ2n) is 6.26. The SMILES string of the molecule is COc1c(C)c2c(c(O)c1CC=C1CCC(C(O)=S)C1)C(=O)OC2. The predicted octanol–water partition coefficient (Wildman–Crippen LogP) is 3.53. The monoisotopic (exact) mass is 348 g/mol. The van der Waals surface area contributed by atoms with Crippen LogP contribution in [0.15, 0.2) is 11.6 Å². The van der Waals surface area contributed by atoms with E-state index < -0.39 is 5.97 Å². The maximum Gasteiger partial charge on any atom is 0.342 e. The largest absolute Gasteiger partial charge is 0.507 e. The van der Waals surface area contributed by atoms with Gasteiger partial charge in [0.2, 0.25) is 0 Å². The molecule has 5 nitrogen and oxygen atoms in total. The molecule has 1 saturated carbocycles. The molecule has 1 unspecified atom stereocenters. The molecule has 3 rings (SSSR count). The Hall–Kier alpha value is -2.08. The van der Waals surface area contributed by atoms with Gasteiger partial charge in [0.05, 0.1) is 7.11 Å². The number of cyclic esters (lactones) is 1. The Kier molecular flexibility index (Phi) is 4.49. The number of hydrogen-bond acceptors (Lipinski definition) is 5. The summed E-state index contributed by atoms with van der Waals surface area (Å²) < 4.78 is 10.5. The number of hydrogen-bond donors (Lipinski definition) is 2. The van der Waals surface area contributed by atoms with Crippen LogP contribution in [0.5, 0.6) is 11.5 Å². The number of esters is 1. The summed E-state index contributed by atoms with van der Waals surface area (Å²) in [6, 6.07) is 0. The van der Waals surface area contributed by atoms with E-state index in [4.69, 9.17) is 21.7 Å². The van der Waals surface area contributed by atoms with E-state index in [9.17, 15) is 15.0 Å². The van der Waals surface area contributed by atoms with Crippen molar-refractivity contribution < 1.29 is 24.5 Å². The number of aliphatic hydroxyl groups is 1. The number of phenolic OH excluding ortho intramolecular Hbond substituents is 1. The summed E-state index contributed by atoms with van der Waals surface area (Å²) >= 11 is 4.85. The lowest BCUT2D eigenvalue weighted by Crippen LogP contribution is -2.05. The van der Waals surface area contributed by atoms with Gasteiger partial charge in [-0.15, -0.1) is 0 Å². The average Bonchev–Trinajstić information content (AvgIpc) is 3.16. The summed E-state index contributed by atoms with van der Waals surface area (Å²) in [5.74, 6) is 0.0832. The first kappa shape index (κ1) is 16.8. The van der Waals surface area contributed by atoms with Crippen LogP contribution in [-0.4, -0.2) is 28.3 Å². The summed E-state index contributed by atoms with van der Waals surface area (Å²) in [5, 5.41) is 20.1. The van der Waals surface area contributed by atoms with Gasteiger partial charge in [0.25, 0.3) is 0 Å². The summed E-state index contributed by atoms with van der Waals surface area (Å²) in [6.45, 7) is 2.03. The molecule has 128 valence electrons. The number of ether oxygens (including phenoxy) is 2. The van der Waals surface area contributed by atoms with Crippen molar-refractivity contribution in [3.05, 3.63) is 33.9 Å². The van der Waals surface area contributed by atoms with Crippen LogP contribution in [0, 0.1) is 12.8 Å². The van der Waals surface area contributed by atoms with E-state index in [1.807, 2.05) is 13.0 Å². The fourth-order valence-electron chi connectivity index (χ4n) is 3.55. The summed E-state index contributed by atoms with van der Waals surface area (Å²) in [7, 11) is 1.55. The number of phenols is 1. The van der Waals surface area contributed by atoms with Crippen molar-refractivity contribution in [3.8, 4) is 11.5 Å². The summed E-state index contributed by atoms with van der Waals surface area (Å²) in [6.07, 6.45) is 4.95. The number of aromatic hydroxyl groups is 1. The van der Waals surface area contributed by atoms with Gasteiger partial charge in [-0.2, -0.15) is 0 Å². The molecule has 2 aliphatic rings. The minimum Gasteiger partial charge on any atom is -0.507 e. The van der Waals surface area contributed by atoms with Crippen molar-refractivity contribution in [2.45, 2.75) is 39.2 Å². The summed E-state index contributed by atoms with van der Waals surface area (Å²) in [5.41, 5.74) is 3.55. The molecule has 6 heteroatoms. The standard InChI is InChI=1S/C18H20O5S/c1-9-13-8-23-17(20)14(13)15(19)12(16(9)22-2)6-4-10-3-5-11(7-10)18(21)24/h4,11,19H,3,5-8H2,1-2H3,(H,21,24). The van der Waals surface area contributed by atoms with E-state index in [0.29, 0.717) is 23.3 Å². The van der Waals surface area contributed by atoms with Gasteiger partial charge in [0, 0.05) is 17.0 Å². The van der Waals surface area contributed by atoms with Crippen LogP contribution in [0.25, 0.3) is 0 Å². The molecule has 1 heterocycles. The third kappa shape index (κ3) is 2.75. The second-order valence-corrected chi connectivity index (χ2v) is 6.68. The van der Waals surface area contributed by atoms with Gasteiger partial charge in [0.1, 0.15) is 23.7 Å². The number of methoxy groups -OCH3 is 1. The maximum absolute atomic E-state index is 11.9. The zero-order chi connectivity index (χ0) is 17.4. The average molecular weight is 348 g/mol. The first-order valence-corrected chi connectivity index (χ1v) is 8.34. The van der Waals surface area contributed by atoms with Gasteiger partial charge in [-0.25, -0.2) is 4.79 Å². The van der Waals surface area contributed by atoms with E-state index >= 15 is 0 Å². The van der Waals surface area contributed by atoms with Crippen molar-refractivity contribution in [1.29, 1.82) is 0 Å². The number of thiocarbonyl (C=S) groups is 1. The molecule has 0 amide bonds. The minimum atomic E-state index is -0.492. The Labute approximate surface area is 145 Å². The van der Waals surface area contributed by atoms with Gasteiger partial charge >= 0.3 is 5.97 Å². The maximum atomic E-state index is 11.9. The van der Waals surface area contributed by atoms with Gasteiger partial charge in [-0.05, 0) is 50.4 Å². The Morgan fingerprint density at radius 1 is 1.50 bits per heavy atom. The van der Waals surface area contributed by atoms with Crippen molar-refractivity contribution in [3.63, 3.8) is 0 Å². The van der Waals surface area contributed by atoms with Crippen LogP contribution in [0.2, 0.25) is 0 Å². The molecule has 2 N–H and O–H groups in total. The molecule has 1 aliphatic heterocycles. The third-order valence-corrected chi connectivity index (χ3v) is 5.25. The van der Waals surface area contributed by atoms with Gasteiger partial charge in [-0.1, -0.05) is 11.6 Å². The smallest absolute Gasteiger partial charge is 0.342 e. The van der Waals surface area contributed by atoms with Crippen molar-refractivity contribution in [1.82, 2.24) is 0 Å². The van der Waals surface area contributed by atoms with Crippen molar-refractivity contribution in [2.75, 3.05) is 7.11 Å². The summed E-state index contributed by atoms with van der Waals surface area (Å²) in [4.78, 5) is 11.9. The Balaban J connectivity index is 1.94. The molecule has 1 aliphatic carbocycles. The number of benzene rings is 1. The van der Waals surface area contributed by atoms with Crippen LogP contribution >= 0.6 is 12.2 Å². The molecular weight excluding hydrogens is 328 g/mol. The Bertz CT molecular complexity index is 751. The lowest BCUT2D eigenvalue weighted by Gasteiger charge is -2.15. The lowest BCUT2D eigenvalue weighted by atomic mass is 9.94. The Morgan fingerprint density at radius 3 is 2.88 bits per heavy atom. The fraction of sp³-hybridized carbons (Fsp3) is 0.444. The number of carbonyl (C=O) groups is 1. The van der Waals surface area contributed by atoms with Crippen LogP contribution in [0.4, 0.5) is 0 Å². The lowest BCUT2D eigenvalue weighted by molar-refractivity contribution is 0.0533. The molecule has 1 aromatic rings. The minimum absolute atomic E-state index is 0.0403. The highest BCUT2D eigenvalue weighted by Crippen LogP contribution is 2.42. The molecule has 1 aromatic carbocycles. The number of allylic oxidation sites excluding steroid dienone is 2. The highest BCUT2D eigenvalue weighted by molar-refractivity contribution is 7.80. The number of fused-ring (bicyclic) bond motifs is 1. The number of rotatable bonds is 4. The fourth-order valence-corrected chi connectivity index (χ4v) is 3.75. The van der Waals surface area contributed by atoms with E-state index in [1.54, 1.807) is 7.11 Å². The molecule has 0 bridgehead atoms. The van der Waals surface area contributed by atoms with E-state index in [1.165, 1.54) is 5.57 Å². The van der Waals surface area contributed by atoms with Crippen molar-refractivity contribution >= 4 is 23.2 Å². The highest BCUT2D eigenvalue weighted by Gasteiger charge is 2.32. The molecule has 0 saturated heterocycles. The molecule has 0 aromatic heterocycles. The topological polar surface area (TPSA) is 76.0 Å². The van der Waals surface area contributed by atoms with Crippen molar-refractivity contribution in [2.24, 2.45) is 5.92 Å². The highest BCUT2D eigenvalue weighted by atomic mass is 32.1. The molecule has 1 fully saturated rings. The number of carbonyl (C=O) groups excluding carboxylic acids is 1. The van der Waals surface area contributed by atoms with Gasteiger partial charge < -0.3 is 19.7 Å². The zero-order valence-electron chi connectivity index (χ0n) is 13.7. The normalized spacial score (nSPS) is 21.0. The van der Waals surface area contributed by atoms with Crippen LogP contribution < -0.4 is 4.74 Å². The van der Waals surface area contributed by atoms with E-state index in [0.717, 1.165) is 24.8 Å². The first-order chi connectivity index (χ1) is 11.4. The van der Waals surface area contributed by atoms with E-state index in [2.05, 4.69) is 0 Å². The van der Waals surface area contributed by atoms with Crippen LogP contribution in [-0.2, 0) is 17.8 Å². The quantitative estimate of drug-likeness (QED) is 0.492. The first-order valence-electron chi connectivity index (χ1n) is 7.93. The van der Waals surface area contributed by atoms with Gasteiger partial charge in [-0.3, -0.25) is 0 Å². The molecule has 0 radical (unpaired) electrons. The predicted molar refractivity (Wildman–Crippen MR) is 92.9 cm³/mol. The van der Waals surface area contributed by atoms with E-state index in [-0.39, 0.29) is 28.9 Å². The molecule has 24 heavy (non-hydrogen) atoms. The Morgan fingerprint density at radius 2 is 2.25 bits per heavy atom. The molecule has 1 atom stereocenters. The number of aliphatic hydroxyl groups excluding tert-OH is 1. The third-order valence-electron chi connectivity index (χ3n) is 4.91. The molecular formula is C18H20O5S. The zero-order valence-corrected chi connectivity index (χ0v) is 14.5. The molecule has 0 spiro atoms. The van der Waals surface area contributed by atoms with Crippen LogP contribution in [0.3, 0.4) is 0 Å². The second kappa shape index (κ2) is 6.43.